The van der Waals surface area contributed by atoms with E-state index < -0.39 is 0 Å². The van der Waals surface area contributed by atoms with Crippen LogP contribution in [0.15, 0.2) is 24.3 Å². The molecule has 3 atom stereocenters. The number of amides is 1. The summed E-state index contributed by atoms with van der Waals surface area (Å²) in [5.74, 6) is 0.973. The van der Waals surface area contributed by atoms with E-state index in [0.717, 1.165) is 26.0 Å². The number of rotatable bonds is 1. The molecule has 0 spiro atoms. The Bertz CT molecular complexity index is 507. The highest BCUT2D eigenvalue weighted by molar-refractivity contribution is 5.80. The van der Waals surface area contributed by atoms with E-state index in [1.54, 1.807) is 0 Å². The number of hydrogen-bond donors (Lipinski definition) is 0. The SMILES string of the molecule is O=C([C@@H]1CCOC1)N1C[C@H]2CC[C@H]1c1ccccc12. The van der Waals surface area contributed by atoms with E-state index in [2.05, 4.69) is 29.2 Å². The third-order valence-corrected chi connectivity index (χ3v) is 4.94. The van der Waals surface area contributed by atoms with Gasteiger partial charge in [0.1, 0.15) is 0 Å². The summed E-state index contributed by atoms with van der Waals surface area (Å²) >= 11 is 0. The predicted molar refractivity (Wildman–Crippen MR) is 71.8 cm³/mol. The number of benzene rings is 1. The van der Waals surface area contributed by atoms with Crippen LogP contribution in [0, 0.1) is 5.92 Å². The summed E-state index contributed by atoms with van der Waals surface area (Å²) in [6, 6.07) is 8.98. The Labute approximate surface area is 113 Å². The molecule has 19 heavy (non-hydrogen) atoms. The van der Waals surface area contributed by atoms with Gasteiger partial charge in [-0.1, -0.05) is 24.3 Å². The lowest BCUT2D eigenvalue weighted by atomic mass is 9.74. The van der Waals surface area contributed by atoms with Gasteiger partial charge in [0.25, 0.3) is 0 Å². The van der Waals surface area contributed by atoms with Crippen LogP contribution in [0.25, 0.3) is 0 Å². The van der Waals surface area contributed by atoms with Crippen LogP contribution in [-0.4, -0.2) is 30.6 Å². The Balaban J connectivity index is 1.65. The number of nitrogens with zero attached hydrogens (tertiary/aromatic N) is 1. The van der Waals surface area contributed by atoms with E-state index in [9.17, 15) is 4.79 Å². The van der Waals surface area contributed by atoms with Crippen LogP contribution < -0.4 is 0 Å². The van der Waals surface area contributed by atoms with Gasteiger partial charge in [0, 0.05) is 19.1 Å². The number of fused-ring (bicyclic) bond motifs is 2. The van der Waals surface area contributed by atoms with E-state index in [4.69, 9.17) is 4.74 Å². The summed E-state index contributed by atoms with van der Waals surface area (Å²) in [6.07, 6.45) is 3.25. The maximum atomic E-state index is 12.6. The van der Waals surface area contributed by atoms with Gasteiger partial charge in [-0.2, -0.15) is 0 Å². The van der Waals surface area contributed by atoms with Crippen molar-refractivity contribution in [1.29, 1.82) is 0 Å². The van der Waals surface area contributed by atoms with Gasteiger partial charge in [-0.25, -0.2) is 0 Å². The van der Waals surface area contributed by atoms with E-state index in [1.165, 1.54) is 17.5 Å². The summed E-state index contributed by atoms with van der Waals surface area (Å²) in [5.41, 5.74) is 2.86. The van der Waals surface area contributed by atoms with Gasteiger partial charge >= 0.3 is 0 Å². The molecule has 1 aliphatic carbocycles. The van der Waals surface area contributed by atoms with Gasteiger partial charge in [-0.15, -0.1) is 0 Å². The Morgan fingerprint density at radius 2 is 2.00 bits per heavy atom. The predicted octanol–water partition coefficient (Wildman–Crippen LogP) is 2.48. The van der Waals surface area contributed by atoms with Gasteiger partial charge in [0.15, 0.2) is 0 Å². The first kappa shape index (κ1) is 11.5. The van der Waals surface area contributed by atoms with Gasteiger partial charge in [0.05, 0.1) is 18.6 Å². The van der Waals surface area contributed by atoms with Crippen molar-refractivity contribution in [1.82, 2.24) is 4.90 Å². The minimum atomic E-state index is 0.103. The maximum Gasteiger partial charge on any atom is 0.228 e. The molecule has 3 aliphatic heterocycles. The van der Waals surface area contributed by atoms with Crippen molar-refractivity contribution >= 4 is 5.91 Å². The maximum absolute atomic E-state index is 12.6. The molecule has 5 rings (SSSR count). The molecule has 3 nitrogen and oxygen atoms in total. The first-order chi connectivity index (χ1) is 9.34. The zero-order chi connectivity index (χ0) is 12.8. The fraction of sp³-hybridized carbons (Fsp3) is 0.562. The summed E-state index contributed by atoms with van der Waals surface area (Å²) < 4.78 is 5.37. The molecule has 100 valence electrons. The number of hydrogen-bond acceptors (Lipinski definition) is 2. The minimum absolute atomic E-state index is 0.103. The molecule has 0 unspecified atom stereocenters. The average molecular weight is 257 g/mol. The van der Waals surface area contributed by atoms with Crippen molar-refractivity contribution in [2.75, 3.05) is 19.8 Å². The molecule has 0 N–H and O–H groups in total. The highest BCUT2D eigenvalue weighted by Crippen LogP contribution is 2.47. The van der Waals surface area contributed by atoms with Gasteiger partial charge in [0.2, 0.25) is 5.91 Å². The molecule has 3 heteroatoms. The molecule has 1 amide bonds. The molecular weight excluding hydrogens is 238 g/mol. The van der Waals surface area contributed by atoms with Crippen molar-refractivity contribution in [3.05, 3.63) is 35.4 Å². The van der Waals surface area contributed by atoms with E-state index in [1.807, 2.05) is 0 Å². The second kappa shape index (κ2) is 4.34. The molecule has 3 heterocycles. The van der Waals surface area contributed by atoms with Crippen molar-refractivity contribution < 1.29 is 9.53 Å². The lowest BCUT2D eigenvalue weighted by molar-refractivity contribution is -0.140. The van der Waals surface area contributed by atoms with E-state index in [-0.39, 0.29) is 5.92 Å². The fourth-order valence-electron chi connectivity index (χ4n) is 3.94. The smallest absolute Gasteiger partial charge is 0.228 e. The summed E-state index contributed by atoms with van der Waals surface area (Å²) in [4.78, 5) is 14.8. The van der Waals surface area contributed by atoms with Gasteiger partial charge in [-0.3, -0.25) is 4.79 Å². The molecule has 0 radical (unpaired) electrons. The monoisotopic (exact) mass is 257 g/mol. The third kappa shape index (κ3) is 1.71. The molecule has 1 aromatic rings. The van der Waals surface area contributed by atoms with E-state index >= 15 is 0 Å². The number of ether oxygens (including phenoxy) is 1. The first-order valence-electron chi connectivity index (χ1n) is 7.31. The molecule has 4 aliphatic rings. The van der Waals surface area contributed by atoms with Crippen LogP contribution in [0.2, 0.25) is 0 Å². The van der Waals surface area contributed by atoms with Crippen LogP contribution in [0.3, 0.4) is 0 Å². The lowest BCUT2D eigenvalue weighted by Crippen LogP contribution is -2.48. The third-order valence-electron chi connectivity index (χ3n) is 4.94. The van der Waals surface area contributed by atoms with Crippen molar-refractivity contribution in [2.45, 2.75) is 31.2 Å². The Kier molecular flexibility index (Phi) is 2.62. The molecular formula is C16H19NO2. The number of carbonyl (C=O) groups is 1. The fourth-order valence-corrected chi connectivity index (χ4v) is 3.94. The second-order valence-electron chi connectivity index (χ2n) is 5.97. The van der Waals surface area contributed by atoms with Crippen LogP contribution in [-0.2, 0) is 9.53 Å². The molecule has 0 saturated carbocycles. The van der Waals surface area contributed by atoms with E-state index in [0.29, 0.717) is 24.5 Å². The topological polar surface area (TPSA) is 29.5 Å². The van der Waals surface area contributed by atoms with Crippen LogP contribution in [0.5, 0.6) is 0 Å². The van der Waals surface area contributed by atoms with Crippen LogP contribution in [0.4, 0.5) is 0 Å². The van der Waals surface area contributed by atoms with Crippen molar-refractivity contribution in [3.8, 4) is 0 Å². The van der Waals surface area contributed by atoms with Crippen molar-refractivity contribution in [2.24, 2.45) is 5.92 Å². The minimum Gasteiger partial charge on any atom is -0.381 e. The largest absolute Gasteiger partial charge is 0.381 e. The molecule has 2 bridgehead atoms. The molecule has 1 aromatic carbocycles. The summed E-state index contributed by atoms with van der Waals surface area (Å²) in [5, 5.41) is 0. The standard InChI is InChI=1S/C16H19NO2/c18-16(12-7-8-19-10-12)17-9-11-5-6-15(17)14-4-2-1-3-13(11)14/h1-4,11-12,15H,5-10H2/t11-,12-,15+/m1/s1. The normalized spacial score (nSPS) is 32.4. The first-order valence-corrected chi connectivity index (χ1v) is 7.31. The summed E-state index contributed by atoms with van der Waals surface area (Å²) in [7, 11) is 0. The highest BCUT2D eigenvalue weighted by atomic mass is 16.5. The molecule has 0 aromatic heterocycles. The van der Waals surface area contributed by atoms with Crippen molar-refractivity contribution in [3.63, 3.8) is 0 Å². The quantitative estimate of drug-likeness (QED) is 0.773. The summed E-state index contributed by atoms with van der Waals surface area (Å²) in [6.45, 7) is 2.28. The van der Waals surface area contributed by atoms with Crippen LogP contribution >= 0.6 is 0 Å². The van der Waals surface area contributed by atoms with Gasteiger partial charge < -0.3 is 9.64 Å². The van der Waals surface area contributed by atoms with Crippen LogP contribution in [0.1, 0.15) is 42.3 Å². The number of carbonyl (C=O) groups excluding carboxylic acids is 1. The molecule has 2 fully saturated rings. The Morgan fingerprint density at radius 3 is 2.79 bits per heavy atom. The zero-order valence-corrected chi connectivity index (χ0v) is 11.0. The van der Waals surface area contributed by atoms with Gasteiger partial charge in [-0.05, 0) is 30.4 Å². The lowest BCUT2D eigenvalue weighted by Gasteiger charge is -2.47. The zero-order valence-electron chi connectivity index (χ0n) is 11.0. The average Bonchev–Trinajstić information content (AvgIpc) is 3.01. The molecule has 2 saturated heterocycles. The number of piperidine rings is 1. The second-order valence-corrected chi connectivity index (χ2v) is 5.97. The highest BCUT2D eigenvalue weighted by Gasteiger charge is 2.42. The Hall–Kier alpha value is -1.35. The Morgan fingerprint density at radius 1 is 1.16 bits per heavy atom.